The van der Waals surface area contributed by atoms with Crippen molar-refractivity contribution in [2.24, 2.45) is 0 Å². The molecule has 0 radical (unpaired) electrons. The highest BCUT2D eigenvalue weighted by molar-refractivity contribution is 6.39. The average Bonchev–Trinajstić information content (AvgIpc) is 2.28. The summed E-state index contributed by atoms with van der Waals surface area (Å²) in [5.74, 6) is 0. The Bertz CT molecular complexity index is 692. The van der Waals surface area contributed by atoms with Crippen molar-refractivity contribution in [2.45, 2.75) is 0 Å². The van der Waals surface area contributed by atoms with Crippen molar-refractivity contribution in [1.29, 1.82) is 0 Å². The minimum Gasteiger partial charge on any atom is -0.254 e. The zero-order valence-corrected chi connectivity index (χ0v) is 9.76. The fraction of sp³-hybridized carbons (Fsp3) is 0. The van der Waals surface area contributed by atoms with Gasteiger partial charge in [0.1, 0.15) is 0 Å². The Morgan fingerprint density at radius 2 is 1.75 bits per heavy atom. The number of fused-ring (bicyclic) bond motifs is 3. The van der Waals surface area contributed by atoms with E-state index >= 15 is 0 Å². The van der Waals surface area contributed by atoms with Crippen LogP contribution < -0.4 is 0 Å². The van der Waals surface area contributed by atoms with Gasteiger partial charge in [0, 0.05) is 22.0 Å². The number of benzene rings is 2. The lowest BCUT2D eigenvalue weighted by atomic mass is 10.1. The van der Waals surface area contributed by atoms with E-state index in [0.29, 0.717) is 10.0 Å². The molecule has 3 aromatic rings. The van der Waals surface area contributed by atoms with E-state index in [1.54, 1.807) is 6.07 Å². The van der Waals surface area contributed by atoms with Crippen LogP contribution >= 0.6 is 23.2 Å². The second-order valence-electron chi connectivity index (χ2n) is 3.63. The van der Waals surface area contributed by atoms with Crippen LogP contribution in [0.4, 0.5) is 0 Å². The van der Waals surface area contributed by atoms with E-state index in [9.17, 15) is 0 Å². The van der Waals surface area contributed by atoms with E-state index in [2.05, 4.69) is 4.98 Å². The summed E-state index contributed by atoms with van der Waals surface area (Å²) in [5, 5.41) is 4.43. The van der Waals surface area contributed by atoms with E-state index in [4.69, 9.17) is 23.2 Å². The van der Waals surface area contributed by atoms with Crippen molar-refractivity contribution in [2.75, 3.05) is 0 Å². The van der Waals surface area contributed by atoms with Crippen LogP contribution in [0.2, 0.25) is 10.0 Å². The molecule has 0 atom stereocenters. The molecule has 1 nitrogen and oxygen atoms in total. The van der Waals surface area contributed by atoms with E-state index in [0.717, 1.165) is 21.7 Å². The summed E-state index contributed by atoms with van der Waals surface area (Å²) < 4.78 is 0. The van der Waals surface area contributed by atoms with Crippen LogP contribution in [-0.2, 0) is 0 Å². The molecule has 3 heteroatoms. The van der Waals surface area contributed by atoms with E-state index < -0.39 is 0 Å². The number of nitrogens with zero attached hydrogens (tertiary/aromatic N) is 1. The molecule has 0 saturated carbocycles. The Hall–Kier alpha value is -1.31. The predicted molar refractivity (Wildman–Crippen MR) is 69.3 cm³/mol. The standard InChI is InChI=1S/C13H7Cl2N/c14-9-5-11-10-4-2-1-3-8(10)7-16-13(11)12(15)6-9/h1-7H. The largest absolute Gasteiger partial charge is 0.254 e. The van der Waals surface area contributed by atoms with E-state index in [1.807, 2.05) is 36.5 Å². The number of aromatic nitrogens is 1. The Morgan fingerprint density at radius 1 is 0.938 bits per heavy atom. The molecule has 0 aliphatic heterocycles. The van der Waals surface area contributed by atoms with Crippen molar-refractivity contribution < 1.29 is 0 Å². The molecule has 0 amide bonds. The Balaban J connectivity index is 2.59. The number of hydrogen-bond acceptors (Lipinski definition) is 1. The summed E-state index contributed by atoms with van der Waals surface area (Å²) in [7, 11) is 0. The van der Waals surface area contributed by atoms with Crippen molar-refractivity contribution in [3.63, 3.8) is 0 Å². The topological polar surface area (TPSA) is 12.9 Å². The van der Waals surface area contributed by atoms with Crippen LogP contribution in [0.5, 0.6) is 0 Å². The number of rotatable bonds is 0. The zero-order chi connectivity index (χ0) is 11.1. The van der Waals surface area contributed by atoms with Gasteiger partial charge in [-0.05, 0) is 17.5 Å². The van der Waals surface area contributed by atoms with Gasteiger partial charge in [-0.2, -0.15) is 0 Å². The molecule has 78 valence electrons. The van der Waals surface area contributed by atoms with E-state index in [-0.39, 0.29) is 0 Å². The molecule has 0 bridgehead atoms. The van der Waals surface area contributed by atoms with Gasteiger partial charge in [0.25, 0.3) is 0 Å². The van der Waals surface area contributed by atoms with Crippen molar-refractivity contribution >= 4 is 44.9 Å². The first-order valence-electron chi connectivity index (χ1n) is 4.88. The molecule has 16 heavy (non-hydrogen) atoms. The van der Waals surface area contributed by atoms with Gasteiger partial charge in [0.15, 0.2) is 0 Å². The smallest absolute Gasteiger partial charge is 0.0895 e. The summed E-state index contributed by atoms with van der Waals surface area (Å²) in [5.41, 5.74) is 0.796. The van der Waals surface area contributed by atoms with Gasteiger partial charge in [-0.25, -0.2) is 0 Å². The molecule has 0 aliphatic rings. The van der Waals surface area contributed by atoms with Gasteiger partial charge in [0.2, 0.25) is 0 Å². The minimum absolute atomic E-state index is 0.591. The highest BCUT2D eigenvalue weighted by Gasteiger charge is 2.06. The van der Waals surface area contributed by atoms with Gasteiger partial charge in [-0.1, -0.05) is 47.5 Å². The molecule has 3 rings (SSSR count). The Labute approximate surface area is 103 Å². The molecule has 0 saturated heterocycles. The molecule has 0 unspecified atom stereocenters. The third kappa shape index (κ3) is 1.44. The lowest BCUT2D eigenvalue weighted by molar-refractivity contribution is 1.44. The number of pyridine rings is 1. The first kappa shape index (κ1) is 9.88. The monoisotopic (exact) mass is 247 g/mol. The maximum Gasteiger partial charge on any atom is 0.0895 e. The van der Waals surface area contributed by atoms with Crippen molar-refractivity contribution in [3.05, 3.63) is 52.6 Å². The minimum atomic E-state index is 0.591. The quantitative estimate of drug-likeness (QED) is 0.525. The summed E-state index contributed by atoms with van der Waals surface area (Å²) in [4.78, 5) is 4.36. The average molecular weight is 248 g/mol. The molecule has 2 aromatic carbocycles. The van der Waals surface area contributed by atoms with Crippen LogP contribution in [-0.4, -0.2) is 4.98 Å². The number of halogens is 2. The highest BCUT2D eigenvalue weighted by atomic mass is 35.5. The van der Waals surface area contributed by atoms with Crippen LogP contribution in [0, 0.1) is 0 Å². The molecular formula is C13H7Cl2N. The number of hydrogen-bond donors (Lipinski definition) is 0. The van der Waals surface area contributed by atoms with Crippen LogP contribution in [0.25, 0.3) is 21.7 Å². The zero-order valence-electron chi connectivity index (χ0n) is 8.24. The Morgan fingerprint density at radius 3 is 2.62 bits per heavy atom. The molecular weight excluding hydrogens is 241 g/mol. The molecule has 0 N–H and O–H groups in total. The summed E-state index contributed by atoms with van der Waals surface area (Å²) in [6.45, 7) is 0. The lowest BCUT2D eigenvalue weighted by Gasteiger charge is -2.04. The van der Waals surface area contributed by atoms with Crippen LogP contribution in [0.15, 0.2) is 42.6 Å². The fourth-order valence-electron chi connectivity index (χ4n) is 1.89. The maximum atomic E-state index is 6.12. The SMILES string of the molecule is Clc1cc(Cl)c2ncc3ccccc3c2c1. The van der Waals surface area contributed by atoms with Crippen LogP contribution in [0.1, 0.15) is 0 Å². The third-order valence-electron chi connectivity index (χ3n) is 2.61. The van der Waals surface area contributed by atoms with Crippen LogP contribution in [0.3, 0.4) is 0 Å². The molecule has 0 fully saturated rings. The summed E-state index contributed by atoms with van der Waals surface area (Å²) >= 11 is 12.1. The van der Waals surface area contributed by atoms with Gasteiger partial charge < -0.3 is 0 Å². The lowest BCUT2D eigenvalue weighted by Crippen LogP contribution is -1.83. The molecule has 0 aliphatic carbocycles. The first-order valence-corrected chi connectivity index (χ1v) is 5.64. The summed E-state index contributed by atoms with van der Waals surface area (Å²) in [6, 6.07) is 11.7. The highest BCUT2D eigenvalue weighted by Crippen LogP contribution is 2.31. The normalized spacial score (nSPS) is 11.1. The van der Waals surface area contributed by atoms with Gasteiger partial charge in [-0.15, -0.1) is 0 Å². The first-order chi connectivity index (χ1) is 7.75. The maximum absolute atomic E-state index is 6.12. The van der Waals surface area contributed by atoms with Crippen molar-refractivity contribution in [3.8, 4) is 0 Å². The van der Waals surface area contributed by atoms with Gasteiger partial charge in [-0.3, -0.25) is 4.98 Å². The second kappa shape index (κ2) is 3.62. The van der Waals surface area contributed by atoms with Gasteiger partial charge in [0.05, 0.1) is 10.5 Å². The molecule has 1 aromatic heterocycles. The summed E-state index contributed by atoms with van der Waals surface area (Å²) in [6.07, 6.45) is 1.83. The van der Waals surface area contributed by atoms with Crippen molar-refractivity contribution in [1.82, 2.24) is 4.98 Å². The predicted octanol–water partition coefficient (Wildman–Crippen LogP) is 4.69. The molecule has 1 heterocycles. The van der Waals surface area contributed by atoms with E-state index in [1.165, 1.54) is 0 Å². The third-order valence-corrected chi connectivity index (χ3v) is 3.12. The fourth-order valence-corrected chi connectivity index (χ4v) is 2.43. The van der Waals surface area contributed by atoms with Gasteiger partial charge >= 0.3 is 0 Å². The molecule has 0 spiro atoms. The Kier molecular flexibility index (Phi) is 2.23. The second-order valence-corrected chi connectivity index (χ2v) is 4.47.